The zero-order valence-corrected chi connectivity index (χ0v) is 57.2. The molecule has 476 valence electrons. The molecular weight excluding hydrogens is 1050 g/mol. The molecule has 9 nitrogen and oxygen atoms in total. The highest BCUT2D eigenvalue weighted by atomic mass is 19.1. The van der Waals surface area contributed by atoms with Crippen LogP contribution in [0.4, 0.5) is 14.7 Å². The second-order valence-corrected chi connectivity index (χ2v) is 24.1. The van der Waals surface area contributed by atoms with E-state index in [4.69, 9.17) is 4.98 Å². The summed E-state index contributed by atoms with van der Waals surface area (Å²) >= 11 is 0. The summed E-state index contributed by atoms with van der Waals surface area (Å²) in [5, 5.41) is 5.18. The molecule has 4 heterocycles. The van der Waals surface area contributed by atoms with Crippen molar-refractivity contribution in [1.82, 2.24) is 19.9 Å². The number of aryl methyl sites for hydroxylation is 4. The van der Waals surface area contributed by atoms with Crippen molar-refractivity contribution < 1.29 is 27.7 Å². The highest BCUT2D eigenvalue weighted by Gasteiger charge is 2.25. The number of fused-ring (bicyclic) bond motifs is 1. The average molecular weight is 1170 g/mol. The first-order valence-electron chi connectivity index (χ1n) is 33.2. The van der Waals surface area contributed by atoms with Gasteiger partial charge in [0.25, 0.3) is 5.91 Å². The molecule has 0 bridgehead atoms. The first-order valence-corrected chi connectivity index (χ1v) is 33.2. The maximum atomic E-state index is 13.1. The first-order chi connectivity index (χ1) is 40.0. The van der Waals surface area contributed by atoms with Crippen molar-refractivity contribution in [2.45, 2.75) is 272 Å². The monoisotopic (exact) mass is 1170 g/mol. The maximum Gasteiger partial charge on any atom is 0.258 e. The predicted molar refractivity (Wildman–Crippen MR) is 358 cm³/mol. The Labute approximate surface area is 513 Å². The number of pyridine rings is 1. The number of allylic oxidation sites excluding steroid dienone is 1. The molecule has 2 aromatic carbocycles. The fraction of sp³-hybridized carbons (Fsp3) is 0.671. The lowest BCUT2D eigenvalue weighted by Gasteiger charge is -2.24. The Morgan fingerprint density at radius 3 is 1.65 bits per heavy atom. The van der Waals surface area contributed by atoms with Crippen LogP contribution in [0.15, 0.2) is 54.1 Å². The lowest BCUT2D eigenvalue weighted by atomic mass is 9.82. The molecule has 0 spiro atoms. The number of unbranched alkanes of at least 4 members (excludes halogenated alkanes) is 2. The number of hydrogen-bond acceptors (Lipinski definition) is 5. The quantitative estimate of drug-likeness (QED) is 0.0718. The number of imide groups is 1. The van der Waals surface area contributed by atoms with Crippen LogP contribution in [-0.2, 0) is 16.6 Å². The van der Waals surface area contributed by atoms with Crippen LogP contribution in [0.5, 0.6) is 0 Å². The van der Waals surface area contributed by atoms with E-state index in [0.29, 0.717) is 36.3 Å². The van der Waals surface area contributed by atoms with Crippen LogP contribution in [0.1, 0.15) is 284 Å². The molecule has 2 aromatic heterocycles. The standard InChI is InChI=1S/C24H27N5O.C15H32.C11H24.C7H6F2.C5H7NO2.C5H10.C4H10.C2H6/c1-14-7-8-19-21(11-14)29(6)24(26-19)27-23(30)18-12-16(3)25-20(13-18)22-15(2)9-10-28(5)17(22)4;1-6-9-10-15(14(5)8-3)12-11-13(4)7-2;1-5-7-11(4)9-8-10(3)6-2;1-5-2-6(8)4-7(9)3-5;7-4-2-1-3-5(8)6-4;1-2-4-5-3-1;1-3-4-2;1-2/h7-8,11-13H,9-10H2,1-6H3;13-15H,6-12H2,1-5H3;10-11H,5-9H2,1-4H3;2-4H,1H3;1-3H2,(H,6,7,8);1-5H2;3-4H2,1-2H3;1-2H3/p+1/t;13?,14-,15?;10-,11?;;;;;/m.11...../s1. The number of carbonyl (C=O) groups is 3. The molecule has 1 saturated carbocycles. The first kappa shape index (κ1) is 78.9. The van der Waals surface area contributed by atoms with Crippen molar-refractivity contribution in [3.8, 4) is 0 Å². The van der Waals surface area contributed by atoms with Gasteiger partial charge < -0.3 is 4.57 Å². The van der Waals surface area contributed by atoms with Gasteiger partial charge in [0.2, 0.25) is 17.8 Å². The summed E-state index contributed by atoms with van der Waals surface area (Å²) in [6.45, 7) is 40.4. The Morgan fingerprint density at radius 2 is 1.18 bits per heavy atom. The van der Waals surface area contributed by atoms with Gasteiger partial charge in [-0.1, -0.05) is 217 Å². The number of benzene rings is 2. The molecule has 4 aromatic rings. The minimum Gasteiger partial charge on any atom is -0.313 e. The maximum absolute atomic E-state index is 13.1. The van der Waals surface area contributed by atoms with Gasteiger partial charge in [0.05, 0.1) is 22.3 Å². The Kier molecular flexibility index (Phi) is 43.4. The molecule has 3 amide bonds. The van der Waals surface area contributed by atoms with E-state index in [1.165, 1.54) is 145 Å². The van der Waals surface area contributed by atoms with Gasteiger partial charge in [0.1, 0.15) is 25.2 Å². The third-order valence-electron chi connectivity index (χ3n) is 16.5. The Morgan fingerprint density at radius 1 is 0.631 bits per heavy atom. The third kappa shape index (κ3) is 33.0. The van der Waals surface area contributed by atoms with Crippen LogP contribution in [0.3, 0.4) is 0 Å². The number of amides is 3. The van der Waals surface area contributed by atoms with Crippen LogP contribution in [-0.4, -0.2) is 56.1 Å². The number of aromatic nitrogens is 3. The van der Waals surface area contributed by atoms with E-state index in [1.54, 1.807) is 6.92 Å². The largest absolute Gasteiger partial charge is 0.313 e. The molecule has 2 N–H and O–H groups in total. The third-order valence-corrected chi connectivity index (χ3v) is 16.5. The van der Waals surface area contributed by atoms with Crippen molar-refractivity contribution in [2.24, 2.45) is 36.6 Å². The summed E-state index contributed by atoms with van der Waals surface area (Å²) in [6, 6.07) is 13.2. The van der Waals surface area contributed by atoms with Gasteiger partial charge in [-0.2, -0.15) is 0 Å². The van der Waals surface area contributed by atoms with Crippen LogP contribution < -0.4 is 10.6 Å². The summed E-state index contributed by atoms with van der Waals surface area (Å²) in [5.74, 6) is 3.78. The van der Waals surface area contributed by atoms with Gasteiger partial charge in [-0.25, -0.2) is 18.3 Å². The number of nitrogens with zero attached hydrogens (tertiary/aromatic N) is 4. The molecule has 1 saturated heterocycles. The van der Waals surface area contributed by atoms with Crippen molar-refractivity contribution in [2.75, 3.05) is 18.9 Å². The SMILES string of the molecule is C1CCCC1.CC.CC1=C(c2cc(C(=O)Nc3nc4ccc(C)cc4n3C)cc(C)n2)C(C)=[N+](C)CC1.CCCC.CCCC(C)CC[C@H](C)CC.CCCCC(CCC(C)CC)[C@H](C)CC.Cc1cc(F)cc(F)c1.O=C1CCCC(=O)N1. The number of piperidine rings is 1. The highest BCUT2D eigenvalue weighted by molar-refractivity contribution is 6.21. The van der Waals surface area contributed by atoms with Crippen molar-refractivity contribution in [3.05, 3.63) is 93.8 Å². The fourth-order valence-electron chi connectivity index (χ4n) is 9.94. The molecule has 3 aliphatic rings. The number of carbonyl (C=O) groups excluding carboxylic acids is 3. The van der Waals surface area contributed by atoms with E-state index in [9.17, 15) is 23.2 Å². The molecule has 2 fully saturated rings. The number of rotatable bonds is 19. The van der Waals surface area contributed by atoms with Crippen LogP contribution in [0.2, 0.25) is 0 Å². The second-order valence-electron chi connectivity index (χ2n) is 24.1. The molecule has 5 atom stereocenters. The molecule has 7 rings (SSSR count). The van der Waals surface area contributed by atoms with Gasteiger partial charge in [-0.15, -0.1) is 0 Å². The Hall–Kier alpha value is -5.06. The molecule has 1 aliphatic carbocycles. The fourth-order valence-corrected chi connectivity index (χ4v) is 9.94. The summed E-state index contributed by atoms with van der Waals surface area (Å²) in [5.41, 5.74) is 9.51. The van der Waals surface area contributed by atoms with E-state index in [0.717, 1.165) is 82.2 Å². The van der Waals surface area contributed by atoms with Crippen molar-refractivity contribution >= 4 is 46.0 Å². The van der Waals surface area contributed by atoms with E-state index in [-0.39, 0.29) is 17.7 Å². The molecular formula is C73H123F2N6O3+. The van der Waals surface area contributed by atoms with E-state index in [1.807, 2.05) is 63.6 Å². The number of halogens is 2. The lowest BCUT2D eigenvalue weighted by molar-refractivity contribution is -0.497. The summed E-state index contributed by atoms with van der Waals surface area (Å²) < 4.78 is 28.5. The van der Waals surface area contributed by atoms with E-state index in [2.05, 4.69) is 123 Å². The van der Waals surface area contributed by atoms with E-state index < -0.39 is 11.6 Å². The van der Waals surface area contributed by atoms with E-state index >= 15 is 0 Å². The molecule has 3 unspecified atom stereocenters. The molecule has 11 heteroatoms. The Bertz CT molecular complexity index is 2450. The number of anilines is 1. The van der Waals surface area contributed by atoms with Gasteiger partial charge in [0, 0.05) is 50.6 Å². The van der Waals surface area contributed by atoms with Gasteiger partial charge in [0.15, 0.2) is 5.71 Å². The number of imidazole rings is 1. The molecule has 84 heavy (non-hydrogen) atoms. The summed E-state index contributed by atoms with van der Waals surface area (Å²) in [7, 11) is 4.01. The van der Waals surface area contributed by atoms with Crippen LogP contribution in [0.25, 0.3) is 16.6 Å². The van der Waals surface area contributed by atoms with Crippen LogP contribution >= 0.6 is 0 Å². The molecule has 0 radical (unpaired) electrons. The van der Waals surface area contributed by atoms with Crippen molar-refractivity contribution in [1.29, 1.82) is 0 Å². The number of nitrogens with one attached hydrogen (secondary N) is 2. The van der Waals surface area contributed by atoms with Crippen molar-refractivity contribution in [3.63, 3.8) is 0 Å². The second kappa shape index (κ2) is 46.2. The highest BCUT2D eigenvalue weighted by Crippen LogP contribution is 2.29. The summed E-state index contributed by atoms with van der Waals surface area (Å²) in [6.07, 6.45) is 29.7. The Balaban J connectivity index is 0.00000107. The zero-order chi connectivity index (χ0) is 63.7. The topological polar surface area (TPSA) is 109 Å². The summed E-state index contributed by atoms with van der Waals surface area (Å²) in [4.78, 5) is 43.1. The zero-order valence-electron chi connectivity index (χ0n) is 57.2. The minimum atomic E-state index is -0.521. The van der Waals surface area contributed by atoms with Gasteiger partial charge in [-0.05, 0) is 118 Å². The van der Waals surface area contributed by atoms with Crippen LogP contribution in [0, 0.1) is 62.0 Å². The molecule has 2 aliphatic heterocycles. The van der Waals surface area contributed by atoms with Gasteiger partial charge >= 0.3 is 0 Å². The smallest absolute Gasteiger partial charge is 0.258 e. The minimum absolute atomic E-state index is 0.138. The average Bonchev–Trinajstić information content (AvgIpc) is 3.15. The number of hydrogen-bond donors (Lipinski definition) is 2. The van der Waals surface area contributed by atoms with Gasteiger partial charge in [-0.3, -0.25) is 30.0 Å². The lowest BCUT2D eigenvalue weighted by Crippen LogP contribution is -2.33. The predicted octanol–water partition coefficient (Wildman–Crippen LogP) is 20.9. The normalized spacial score (nSPS) is 15.3.